The molecule has 0 bridgehead atoms. The van der Waals surface area contributed by atoms with Crippen molar-refractivity contribution in [3.8, 4) is 0 Å². The van der Waals surface area contributed by atoms with E-state index in [4.69, 9.17) is 0 Å². The van der Waals surface area contributed by atoms with Crippen LogP contribution in [0.25, 0.3) is 11.0 Å². The van der Waals surface area contributed by atoms with Crippen LogP contribution in [0.3, 0.4) is 0 Å². The van der Waals surface area contributed by atoms with Gasteiger partial charge in [-0.2, -0.15) is 0 Å². The lowest BCUT2D eigenvalue weighted by Gasteiger charge is -2.10. The number of amides is 2. The Morgan fingerprint density at radius 2 is 1.97 bits per heavy atom. The maximum atomic E-state index is 12.2. The van der Waals surface area contributed by atoms with Crippen molar-refractivity contribution in [1.29, 1.82) is 0 Å². The highest BCUT2D eigenvalue weighted by molar-refractivity contribution is 9.10. The molecule has 1 aromatic heterocycles. The summed E-state index contributed by atoms with van der Waals surface area (Å²) < 4.78 is 3.00. The molecule has 6 nitrogen and oxygen atoms in total. The molecule has 1 heterocycles. The summed E-state index contributed by atoms with van der Waals surface area (Å²) in [6, 6.07) is 13.7. The molecule has 0 spiro atoms. The number of halogens is 1. The third kappa shape index (κ3) is 5.61. The minimum atomic E-state index is -0.132. The molecule has 0 aliphatic rings. The minimum Gasteiger partial charge on any atom is -0.355 e. The first-order valence-electron chi connectivity index (χ1n) is 9.38. The lowest BCUT2D eigenvalue weighted by Crippen LogP contribution is -2.29. The average molecular weight is 475 g/mol. The number of rotatable bonds is 8. The van der Waals surface area contributed by atoms with Gasteiger partial charge in [-0.1, -0.05) is 45.9 Å². The number of thioether (sulfide) groups is 1. The Hall–Kier alpha value is -2.32. The van der Waals surface area contributed by atoms with Crippen molar-refractivity contribution in [2.24, 2.45) is 0 Å². The van der Waals surface area contributed by atoms with E-state index in [0.29, 0.717) is 6.54 Å². The number of nitrogens with one attached hydrogen (secondary N) is 2. The van der Waals surface area contributed by atoms with E-state index in [1.807, 2.05) is 49.4 Å². The number of carbonyl (C=O) groups is 2. The summed E-state index contributed by atoms with van der Waals surface area (Å²) in [5, 5.41) is 6.50. The zero-order valence-electron chi connectivity index (χ0n) is 16.4. The number of fused-ring (bicyclic) bond motifs is 1. The molecule has 0 aliphatic heterocycles. The van der Waals surface area contributed by atoms with Crippen LogP contribution in [-0.4, -0.2) is 33.7 Å². The molecule has 0 unspecified atom stereocenters. The fourth-order valence-electron chi connectivity index (χ4n) is 2.91. The molecule has 2 aromatic carbocycles. The van der Waals surface area contributed by atoms with E-state index in [9.17, 15) is 9.59 Å². The molecule has 0 atom stereocenters. The smallest absolute Gasteiger partial charge is 0.230 e. The van der Waals surface area contributed by atoms with Crippen LogP contribution in [-0.2, 0) is 16.1 Å². The number of imidazole rings is 1. The van der Waals surface area contributed by atoms with Gasteiger partial charge < -0.3 is 15.2 Å². The summed E-state index contributed by atoms with van der Waals surface area (Å²) in [5.41, 5.74) is 3.75. The van der Waals surface area contributed by atoms with E-state index < -0.39 is 0 Å². The van der Waals surface area contributed by atoms with Crippen LogP contribution < -0.4 is 10.6 Å². The van der Waals surface area contributed by atoms with Gasteiger partial charge in [0, 0.05) is 29.7 Å². The first-order valence-corrected chi connectivity index (χ1v) is 11.2. The van der Waals surface area contributed by atoms with Crippen LogP contribution in [0.5, 0.6) is 0 Å². The number of para-hydroxylation sites is 2. The SMILES string of the molecule is CCn1c(SCC(=O)NCCC(=O)Nc2cc(Br)ccc2C)nc2ccccc21. The first kappa shape index (κ1) is 21.4. The Bertz CT molecular complexity index is 1030. The van der Waals surface area contributed by atoms with Crippen molar-refractivity contribution in [3.05, 3.63) is 52.5 Å². The van der Waals surface area contributed by atoms with Crippen LogP contribution in [0.15, 0.2) is 52.1 Å². The number of anilines is 1. The number of aryl methyl sites for hydroxylation is 2. The normalized spacial score (nSPS) is 10.9. The van der Waals surface area contributed by atoms with Crippen molar-refractivity contribution in [2.45, 2.75) is 32.0 Å². The predicted molar refractivity (Wildman–Crippen MR) is 121 cm³/mol. The molecule has 0 radical (unpaired) electrons. The molecule has 3 rings (SSSR count). The van der Waals surface area contributed by atoms with Crippen LogP contribution >= 0.6 is 27.7 Å². The van der Waals surface area contributed by atoms with Gasteiger partial charge in [0.1, 0.15) is 0 Å². The predicted octanol–water partition coefficient (Wildman–Crippen LogP) is 4.36. The summed E-state index contributed by atoms with van der Waals surface area (Å²) in [7, 11) is 0. The van der Waals surface area contributed by atoms with Gasteiger partial charge in [-0.05, 0) is 43.7 Å². The number of hydrogen-bond donors (Lipinski definition) is 2. The van der Waals surface area contributed by atoms with E-state index in [1.54, 1.807) is 0 Å². The highest BCUT2D eigenvalue weighted by atomic mass is 79.9. The number of carbonyl (C=O) groups excluding carboxylic acids is 2. The van der Waals surface area contributed by atoms with Crippen molar-refractivity contribution >= 4 is 56.2 Å². The van der Waals surface area contributed by atoms with Crippen LogP contribution in [0.1, 0.15) is 18.9 Å². The monoisotopic (exact) mass is 474 g/mol. The van der Waals surface area contributed by atoms with E-state index in [2.05, 4.69) is 43.0 Å². The zero-order chi connectivity index (χ0) is 20.8. The highest BCUT2D eigenvalue weighted by Gasteiger charge is 2.12. The first-order chi connectivity index (χ1) is 14.0. The van der Waals surface area contributed by atoms with Gasteiger partial charge in [0.2, 0.25) is 11.8 Å². The van der Waals surface area contributed by atoms with Gasteiger partial charge in [0.05, 0.1) is 16.8 Å². The molecule has 0 saturated heterocycles. The van der Waals surface area contributed by atoms with Gasteiger partial charge >= 0.3 is 0 Å². The Morgan fingerprint density at radius 3 is 2.76 bits per heavy atom. The van der Waals surface area contributed by atoms with Crippen LogP contribution in [0.2, 0.25) is 0 Å². The molecule has 3 aromatic rings. The summed E-state index contributed by atoms with van der Waals surface area (Å²) in [6.45, 7) is 5.08. The molecular formula is C21H23BrN4O2S. The van der Waals surface area contributed by atoms with Crippen molar-refractivity contribution in [3.63, 3.8) is 0 Å². The molecule has 0 fully saturated rings. The lowest BCUT2D eigenvalue weighted by molar-refractivity contribution is -0.119. The molecule has 2 N–H and O–H groups in total. The maximum absolute atomic E-state index is 12.2. The second-order valence-corrected chi connectivity index (χ2v) is 8.38. The van der Waals surface area contributed by atoms with E-state index in [-0.39, 0.29) is 24.0 Å². The van der Waals surface area contributed by atoms with E-state index >= 15 is 0 Å². The van der Waals surface area contributed by atoms with Crippen molar-refractivity contribution in [2.75, 3.05) is 17.6 Å². The number of aromatic nitrogens is 2. The third-order valence-electron chi connectivity index (χ3n) is 4.42. The van der Waals surface area contributed by atoms with Gasteiger partial charge in [-0.15, -0.1) is 0 Å². The summed E-state index contributed by atoms with van der Waals surface area (Å²) in [4.78, 5) is 28.9. The molecule has 2 amide bonds. The topological polar surface area (TPSA) is 76.0 Å². The molecule has 8 heteroatoms. The molecule has 152 valence electrons. The third-order valence-corrected chi connectivity index (χ3v) is 5.89. The lowest BCUT2D eigenvalue weighted by atomic mass is 10.2. The van der Waals surface area contributed by atoms with Crippen LogP contribution in [0.4, 0.5) is 5.69 Å². The zero-order valence-corrected chi connectivity index (χ0v) is 18.8. The van der Waals surface area contributed by atoms with E-state index in [0.717, 1.165) is 38.5 Å². The minimum absolute atomic E-state index is 0.115. The van der Waals surface area contributed by atoms with Crippen molar-refractivity contribution < 1.29 is 9.59 Å². The molecule has 0 aliphatic carbocycles. The Balaban J connectivity index is 1.46. The van der Waals surface area contributed by atoms with Gasteiger partial charge in [-0.3, -0.25) is 9.59 Å². The molecule has 29 heavy (non-hydrogen) atoms. The number of nitrogens with zero attached hydrogens (tertiary/aromatic N) is 2. The summed E-state index contributed by atoms with van der Waals surface area (Å²) >= 11 is 4.80. The van der Waals surface area contributed by atoms with E-state index in [1.165, 1.54) is 11.8 Å². The Kier molecular flexibility index (Phi) is 7.33. The summed E-state index contributed by atoms with van der Waals surface area (Å²) in [5.74, 6) is 0.0125. The largest absolute Gasteiger partial charge is 0.355 e. The Labute approximate surface area is 182 Å². The maximum Gasteiger partial charge on any atom is 0.230 e. The quantitative estimate of drug-likeness (QED) is 0.475. The summed E-state index contributed by atoms with van der Waals surface area (Å²) in [6.07, 6.45) is 0.218. The highest BCUT2D eigenvalue weighted by Crippen LogP contribution is 2.24. The standard InChI is InChI=1S/C21H23BrN4O2S/c1-3-26-18-7-5-4-6-16(18)25-21(26)29-13-20(28)23-11-10-19(27)24-17-12-15(22)9-8-14(17)2/h4-9,12H,3,10-11,13H2,1-2H3,(H,23,28)(H,24,27). The molecular weight excluding hydrogens is 452 g/mol. The van der Waals surface area contributed by atoms with Gasteiger partial charge in [0.15, 0.2) is 5.16 Å². The second kappa shape index (κ2) is 9.93. The number of benzene rings is 2. The average Bonchev–Trinajstić information content (AvgIpc) is 3.06. The number of hydrogen-bond acceptors (Lipinski definition) is 4. The van der Waals surface area contributed by atoms with Gasteiger partial charge in [0.25, 0.3) is 0 Å². The van der Waals surface area contributed by atoms with Crippen molar-refractivity contribution in [1.82, 2.24) is 14.9 Å². The molecule has 0 saturated carbocycles. The second-order valence-electron chi connectivity index (χ2n) is 6.52. The van der Waals surface area contributed by atoms with Crippen LogP contribution in [0, 0.1) is 6.92 Å². The Morgan fingerprint density at radius 1 is 1.17 bits per heavy atom. The fraction of sp³-hybridized carbons (Fsp3) is 0.286. The van der Waals surface area contributed by atoms with Gasteiger partial charge in [-0.25, -0.2) is 4.98 Å². The fourth-order valence-corrected chi connectivity index (χ4v) is 4.18.